The van der Waals surface area contributed by atoms with Crippen molar-refractivity contribution in [3.05, 3.63) is 29.3 Å². The number of benzene rings is 1. The summed E-state index contributed by atoms with van der Waals surface area (Å²) in [5.74, 6) is 0.921. The molecule has 0 bridgehead atoms. The van der Waals surface area contributed by atoms with Crippen molar-refractivity contribution in [3.63, 3.8) is 0 Å². The number of hydrogen-bond acceptors (Lipinski definition) is 2. The van der Waals surface area contributed by atoms with Gasteiger partial charge in [-0.05, 0) is 37.1 Å². The Labute approximate surface area is 111 Å². The van der Waals surface area contributed by atoms with E-state index in [0.29, 0.717) is 0 Å². The Balaban J connectivity index is 0.000000771. The van der Waals surface area contributed by atoms with Gasteiger partial charge in [0.25, 0.3) is 0 Å². The predicted octanol–water partition coefficient (Wildman–Crippen LogP) is 4.26. The second-order valence-electron chi connectivity index (χ2n) is 5.59. The molecule has 1 aromatic carbocycles. The van der Waals surface area contributed by atoms with Gasteiger partial charge in [-0.3, -0.25) is 0 Å². The normalized spacial score (nSPS) is 19.3. The summed E-state index contributed by atoms with van der Waals surface area (Å²) in [6, 6.07) is 6.26. The first kappa shape index (κ1) is 15.0. The van der Waals surface area contributed by atoms with E-state index in [2.05, 4.69) is 39.8 Å². The molecule has 0 radical (unpaired) electrons. The van der Waals surface area contributed by atoms with Crippen LogP contribution >= 0.6 is 0 Å². The second-order valence-corrected chi connectivity index (χ2v) is 5.59. The molecule has 2 rings (SSSR count). The minimum Gasteiger partial charge on any atom is -0.497 e. The van der Waals surface area contributed by atoms with Gasteiger partial charge < -0.3 is 9.47 Å². The van der Waals surface area contributed by atoms with Crippen LogP contribution in [-0.4, -0.2) is 13.7 Å². The molecule has 0 amide bonds. The maximum absolute atomic E-state index is 5.94. The van der Waals surface area contributed by atoms with E-state index >= 15 is 0 Å². The SMILES string of the molecule is CC.COc1ccc2c(c1)C(C)(C)COC2(C)C. The number of methoxy groups -OCH3 is 1. The van der Waals surface area contributed by atoms with Gasteiger partial charge >= 0.3 is 0 Å². The molecule has 0 spiro atoms. The minimum absolute atomic E-state index is 0.0550. The molecule has 1 aliphatic heterocycles. The average molecular weight is 250 g/mol. The summed E-state index contributed by atoms with van der Waals surface area (Å²) >= 11 is 0. The molecule has 2 heteroatoms. The summed E-state index contributed by atoms with van der Waals surface area (Å²) in [6.07, 6.45) is 0. The lowest BCUT2D eigenvalue weighted by Crippen LogP contribution is -2.39. The smallest absolute Gasteiger partial charge is 0.119 e. The number of rotatable bonds is 1. The van der Waals surface area contributed by atoms with E-state index < -0.39 is 0 Å². The van der Waals surface area contributed by atoms with Crippen molar-refractivity contribution in [2.45, 2.75) is 52.6 Å². The van der Waals surface area contributed by atoms with Crippen LogP contribution in [0.2, 0.25) is 0 Å². The molecule has 0 N–H and O–H groups in total. The van der Waals surface area contributed by atoms with Crippen molar-refractivity contribution in [1.82, 2.24) is 0 Å². The zero-order valence-corrected chi connectivity index (χ0v) is 12.8. The third kappa shape index (κ3) is 2.69. The monoisotopic (exact) mass is 250 g/mol. The van der Waals surface area contributed by atoms with Crippen molar-refractivity contribution in [2.24, 2.45) is 0 Å². The molecule has 1 aliphatic rings. The fraction of sp³-hybridized carbons (Fsp3) is 0.625. The number of fused-ring (bicyclic) bond motifs is 1. The van der Waals surface area contributed by atoms with Crippen LogP contribution < -0.4 is 4.74 Å². The molecule has 0 aliphatic carbocycles. The van der Waals surface area contributed by atoms with E-state index in [-0.39, 0.29) is 11.0 Å². The molecular weight excluding hydrogens is 224 g/mol. The van der Waals surface area contributed by atoms with Crippen LogP contribution in [-0.2, 0) is 15.8 Å². The first-order valence-electron chi connectivity index (χ1n) is 6.70. The topological polar surface area (TPSA) is 18.5 Å². The van der Waals surface area contributed by atoms with E-state index in [0.717, 1.165) is 12.4 Å². The van der Waals surface area contributed by atoms with Crippen LogP contribution in [0.1, 0.15) is 52.7 Å². The van der Waals surface area contributed by atoms with E-state index in [4.69, 9.17) is 9.47 Å². The molecule has 1 aromatic rings. The molecule has 0 saturated carbocycles. The summed E-state index contributed by atoms with van der Waals surface area (Å²) in [5.41, 5.74) is 2.46. The Kier molecular flexibility index (Phi) is 4.44. The van der Waals surface area contributed by atoms with Crippen LogP contribution in [0.15, 0.2) is 18.2 Å². The van der Waals surface area contributed by atoms with E-state index in [9.17, 15) is 0 Å². The first-order valence-corrected chi connectivity index (χ1v) is 6.70. The van der Waals surface area contributed by atoms with Gasteiger partial charge in [-0.1, -0.05) is 33.8 Å². The van der Waals surface area contributed by atoms with Crippen molar-refractivity contribution in [3.8, 4) is 5.75 Å². The Bertz CT molecular complexity index is 406. The maximum Gasteiger partial charge on any atom is 0.119 e. The summed E-state index contributed by atoms with van der Waals surface area (Å²) in [7, 11) is 1.71. The van der Waals surface area contributed by atoms with E-state index in [1.165, 1.54) is 11.1 Å². The van der Waals surface area contributed by atoms with Crippen LogP contribution in [0.25, 0.3) is 0 Å². The average Bonchev–Trinajstić information content (AvgIpc) is 2.37. The lowest BCUT2D eigenvalue weighted by atomic mass is 9.75. The number of hydrogen-bond donors (Lipinski definition) is 0. The van der Waals surface area contributed by atoms with Crippen LogP contribution in [0, 0.1) is 0 Å². The van der Waals surface area contributed by atoms with Gasteiger partial charge in [0.1, 0.15) is 5.75 Å². The Morgan fingerprint density at radius 1 is 1.06 bits per heavy atom. The second kappa shape index (κ2) is 5.31. The fourth-order valence-electron chi connectivity index (χ4n) is 2.25. The fourth-order valence-corrected chi connectivity index (χ4v) is 2.25. The van der Waals surface area contributed by atoms with Crippen LogP contribution in [0.3, 0.4) is 0 Å². The first-order chi connectivity index (χ1) is 8.37. The highest BCUT2D eigenvalue weighted by Gasteiger charge is 2.37. The molecule has 0 saturated heterocycles. The molecule has 0 unspecified atom stereocenters. The molecule has 2 nitrogen and oxygen atoms in total. The Morgan fingerprint density at radius 2 is 1.67 bits per heavy atom. The van der Waals surface area contributed by atoms with Crippen molar-refractivity contribution < 1.29 is 9.47 Å². The summed E-state index contributed by atoms with van der Waals surface area (Å²) in [4.78, 5) is 0. The number of ether oxygens (including phenoxy) is 2. The molecule has 0 fully saturated rings. The van der Waals surface area contributed by atoms with Gasteiger partial charge in [-0.15, -0.1) is 0 Å². The summed E-state index contributed by atoms with van der Waals surface area (Å²) < 4.78 is 11.2. The van der Waals surface area contributed by atoms with Gasteiger partial charge in [0, 0.05) is 5.41 Å². The molecule has 18 heavy (non-hydrogen) atoms. The zero-order chi connectivity index (χ0) is 14.0. The molecule has 1 heterocycles. The van der Waals surface area contributed by atoms with Gasteiger partial charge in [-0.25, -0.2) is 0 Å². The largest absolute Gasteiger partial charge is 0.497 e. The van der Waals surface area contributed by atoms with Crippen molar-refractivity contribution in [1.29, 1.82) is 0 Å². The highest BCUT2D eigenvalue weighted by atomic mass is 16.5. The van der Waals surface area contributed by atoms with E-state index in [1.54, 1.807) is 7.11 Å². The highest BCUT2D eigenvalue weighted by molar-refractivity contribution is 5.44. The van der Waals surface area contributed by atoms with Crippen LogP contribution in [0.4, 0.5) is 0 Å². The van der Waals surface area contributed by atoms with Gasteiger partial charge in [0.15, 0.2) is 0 Å². The highest BCUT2D eigenvalue weighted by Crippen LogP contribution is 2.42. The molecular formula is C16H26O2. The van der Waals surface area contributed by atoms with Gasteiger partial charge in [-0.2, -0.15) is 0 Å². The lowest BCUT2D eigenvalue weighted by molar-refractivity contribution is -0.0588. The zero-order valence-electron chi connectivity index (χ0n) is 12.8. The molecule has 0 aromatic heterocycles. The Hall–Kier alpha value is -1.02. The quantitative estimate of drug-likeness (QED) is 0.741. The predicted molar refractivity (Wildman–Crippen MR) is 76.3 cm³/mol. The summed E-state index contributed by atoms with van der Waals surface area (Å²) in [5, 5.41) is 0. The Morgan fingerprint density at radius 3 is 2.22 bits per heavy atom. The minimum atomic E-state index is -0.197. The van der Waals surface area contributed by atoms with Gasteiger partial charge in [0.2, 0.25) is 0 Å². The third-order valence-electron chi connectivity index (χ3n) is 3.40. The van der Waals surface area contributed by atoms with Gasteiger partial charge in [0.05, 0.1) is 19.3 Å². The lowest BCUT2D eigenvalue weighted by Gasteiger charge is -2.41. The van der Waals surface area contributed by atoms with Crippen LogP contribution in [0.5, 0.6) is 5.75 Å². The summed E-state index contributed by atoms with van der Waals surface area (Å²) in [6.45, 7) is 13.4. The maximum atomic E-state index is 5.94. The van der Waals surface area contributed by atoms with Crippen molar-refractivity contribution >= 4 is 0 Å². The van der Waals surface area contributed by atoms with E-state index in [1.807, 2.05) is 19.9 Å². The molecule has 0 atom stereocenters. The molecule has 102 valence electrons. The third-order valence-corrected chi connectivity index (χ3v) is 3.40. The van der Waals surface area contributed by atoms with Crippen molar-refractivity contribution in [2.75, 3.05) is 13.7 Å². The standard InChI is InChI=1S/C14H20O2.C2H6/c1-13(2)9-16-14(3,4)11-7-6-10(15-5)8-12(11)13;1-2/h6-8H,9H2,1-5H3;1-2H3.